The van der Waals surface area contributed by atoms with Gasteiger partial charge in [0.1, 0.15) is 0 Å². The summed E-state index contributed by atoms with van der Waals surface area (Å²) in [5, 5.41) is 0. The molecular weight excluding hydrogens is 142 g/mol. The Kier molecular flexibility index (Phi) is 2.84. The molecule has 0 aromatic rings. The predicted molar refractivity (Wildman–Crippen MR) is 42.3 cm³/mol. The molecule has 0 radical (unpaired) electrons. The molecule has 1 aliphatic rings. The minimum atomic E-state index is -0.0693. The van der Waals surface area contributed by atoms with E-state index in [9.17, 15) is 4.79 Å². The highest BCUT2D eigenvalue weighted by atomic mass is 16.2. The van der Waals surface area contributed by atoms with Crippen LogP contribution in [0.1, 0.15) is 25.7 Å². The van der Waals surface area contributed by atoms with E-state index in [1.54, 1.807) is 0 Å². The zero-order valence-electron chi connectivity index (χ0n) is 6.55. The Morgan fingerprint density at radius 1 is 1.45 bits per heavy atom. The fraction of sp³-hybridized carbons (Fsp3) is 0.857. The molecular formula is C7H15N3O. The van der Waals surface area contributed by atoms with Gasteiger partial charge in [0.05, 0.1) is 0 Å². The van der Waals surface area contributed by atoms with Crippen LogP contribution in [0.15, 0.2) is 0 Å². The highest BCUT2D eigenvalue weighted by Crippen LogP contribution is 2.22. The number of rotatable bonds is 1. The van der Waals surface area contributed by atoms with Crippen LogP contribution in [0.2, 0.25) is 0 Å². The van der Waals surface area contributed by atoms with Crippen molar-refractivity contribution in [2.45, 2.75) is 31.7 Å². The van der Waals surface area contributed by atoms with Crippen LogP contribution in [0, 0.1) is 5.92 Å². The lowest BCUT2D eigenvalue weighted by Gasteiger charge is -2.24. The quantitative estimate of drug-likeness (QED) is 0.272. The standard InChI is InChI=1S/C7H15N3O/c8-6-3-1-2-5(4-6)7(11)10-9/h5-6H,1-4,8-9H2,(H,10,11). The normalized spacial score (nSPS) is 31.5. The first-order chi connectivity index (χ1) is 5.24. The van der Waals surface area contributed by atoms with Crippen LogP contribution in [-0.4, -0.2) is 11.9 Å². The number of nitrogens with one attached hydrogen (secondary N) is 1. The van der Waals surface area contributed by atoms with Gasteiger partial charge in [-0.2, -0.15) is 0 Å². The van der Waals surface area contributed by atoms with Crippen molar-refractivity contribution in [2.75, 3.05) is 0 Å². The number of carbonyl (C=O) groups is 1. The van der Waals surface area contributed by atoms with Crippen LogP contribution in [0.25, 0.3) is 0 Å². The highest BCUT2D eigenvalue weighted by molar-refractivity contribution is 5.78. The Morgan fingerprint density at radius 3 is 2.73 bits per heavy atom. The van der Waals surface area contributed by atoms with Crippen molar-refractivity contribution in [3.8, 4) is 0 Å². The van der Waals surface area contributed by atoms with Crippen molar-refractivity contribution in [2.24, 2.45) is 17.5 Å². The van der Waals surface area contributed by atoms with Crippen LogP contribution in [0.3, 0.4) is 0 Å². The van der Waals surface area contributed by atoms with E-state index in [0.717, 1.165) is 25.7 Å². The van der Waals surface area contributed by atoms with Crippen molar-refractivity contribution in [1.82, 2.24) is 5.43 Å². The first kappa shape index (κ1) is 8.49. The minimum absolute atomic E-state index is 0.0451. The van der Waals surface area contributed by atoms with Crippen molar-refractivity contribution in [3.63, 3.8) is 0 Å². The SMILES string of the molecule is NNC(=O)C1CCCC(N)C1. The second-order valence-electron chi connectivity index (χ2n) is 3.13. The topological polar surface area (TPSA) is 81.1 Å². The molecule has 2 unspecified atom stereocenters. The Hall–Kier alpha value is -0.610. The molecule has 4 nitrogen and oxygen atoms in total. The van der Waals surface area contributed by atoms with E-state index < -0.39 is 0 Å². The number of hydrogen-bond donors (Lipinski definition) is 3. The second-order valence-corrected chi connectivity index (χ2v) is 3.13. The summed E-state index contributed by atoms with van der Waals surface area (Å²) in [6, 6.07) is 0.186. The minimum Gasteiger partial charge on any atom is -0.328 e. The number of carbonyl (C=O) groups excluding carboxylic acids is 1. The summed E-state index contributed by atoms with van der Waals surface area (Å²) in [7, 11) is 0. The van der Waals surface area contributed by atoms with Gasteiger partial charge in [0.25, 0.3) is 0 Å². The summed E-state index contributed by atoms with van der Waals surface area (Å²) in [5.41, 5.74) is 7.86. The molecule has 1 fully saturated rings. The lowest BCUT2D eigenvalue weighted by atomic mass is 9.86. The Bertz CT molecular complexity index is 149. The zero-order valence-corrected chi connectivity index (χ0v) is 6.55. The first-order valence-corrected chi connectivity index (χ1v) is 4.00. The average molecular weight is 157 g/mol. The van der Waals surface area contributed by atoms with Gasteiger partial charge in [0, 0.05) is 12.0 Å². The molecule has 0 bridgehead atoms. The van der Waals surface area contributed by atoms with Gasteiger partial charge < -0.3 is 5.73 Å². The molecule has 64 valence electrons. The van der Waals surface area contributed by atoms with Gasteiger partial charge in [-0.3, -0.25) is 10.2 Å². The third-order valence-corrected chi connectivity index (χ3v) is 2.23. The molecule has 1 rings (SSSR count). The molecule has 0 aromatic carbocycles. The van der Waals surface area contributed by atoms with E-state index >= 15 is 0 Å². The summed E-state index contributed by atoms with van der Waals surface area (Å²) in [6.45, 7) is 0. The maximum atomic E-state index is 11.0. The van der Waals surface area contributed by atoms with E-state index in [1.807, 2.05) is 0 Å². The summed E-state index contributed by atoms with van der Waals surface area (Å²) >= 11 is 0. The molecule has 0 spiro atoms. The van der Waals surface area contributed by atoms with Crippen molar-refractivity contribution >= 4 is 5.91 Å². The molecule has 1 saturated carbocycles. The molecule has 4 heteroatoms. The number of amides is 1. The van der Waals surface area contributed by atoms with E-state index in [1.165, 1.54) is 0 Å². The van der Waals surface area contributed by atoms with Crippen molar-refractivity contribution in [3.05, 3.63) is 0 Å². The predicted octanol–water partition coefficient (Wildman–Crippen LogP) is -0.506. The van der Waals surface area contributed by atoms with Crippen LogP contribution in [0.4, 0.5) is 0 Å². The highest BCUT2D eigenvalue weighted by Gasteiger charge is 2.24. The number of nitrogens with two attached hydrogens (primary N) is 2. The summed E-state index contributed by atoms with van der Waals surface area (Å²) in [6.07, 6.45) is 3.79. The molecule has 0 heterocycles. The van der Waals surface area contributed by atoms with E-state index in [0.29, 0.717) is 0 Å². The molecule has 11 heavy (non-hydrogen) atoms. The van der Waals surface area contributed by atoms with E-state index in [-0.39, 0.29) is 17.9 Å². The molecule has 0 aliphatic heterocycles. The molecule has 1 amide bonds. The smallest absolute Gasteiger partial charge is 0.237 e. The fourth-order valence-corrected chi connectivity index (χ4v) is 1.58. The van der Waals surface area contributed by atoms with Gasteiger partial charge in [-0.25, -0.2) is 5.84 Å². The monoisotopic (exact) mass is 157 g/mol. The molecule has 0 saturated heterocycles. The van der Waals surface area contributed by atoms with E-state index in [4.69, 9.17) is 11.6 Å². The Labute approximate surface area is 66.3 Å². The van der Waals surface area contributed by atoms with Gasteiger partial charge in [-0.1, -0.05) is 6.42 Å². The van der Waals surface area contributed by atoms with Gasteiger partial charge >= 0.3 is 0 Å². The fourth-order valence-electron chi connectivity index (χ4n) is 1.58. The molecule has 0 aromatic heterocycles. The van der Waals surface area contributed by atoms with Crippen molar-refractivity contribution in [1.29, 1.82) is 0 Å². The van der Waals surface area contributed by atoms with Crippen LogP contribution in [0.5, 0.6) is 0 Å². The average Bonchev–Trinajstić information content (AvgIpc) is 2.03. The third kappa shape index (κ3) is 2.17. The molecule has 1 aliphatic carbocycles. The van der Waals surface area contributed by atoms with Crippen molar-refractivity contribution < 1.29 is 4.79 Å². The summed E-state index contributed by atoms with van der Waals surface area (Å²) < 4.78 is 0. The zero-order chi connectivity index (χ0) is 8.27. The van der Waals surface area contributed by atoms with Crippen LogP contribution < -0.4 is 17.0 Å². The Balaban J connectivity index is 2.39. The maximum absolute atomic E-state index is 11.0. The number of hydrazine groups is 1. The van der Waals surface area contributed by atoms with Gasteiger partial charge in [0.2, 0.25) is 5.91 Å². The van der Waals surface area contributed by atoms with Gasteiger partial charge in [-0.05, 0) is 19.3 Å². The molecule has 2 atom stereocenters. The first-order valence-electron chi connectivity index (χ1n) is 4.00. The van der Waals surface area contributed by atoms with E-state index in [2.05, 4.69) is 5.43 Å². The van der Waals surface area contributed by atoms with Crippen LogP contribution in [-0.2, 0) is 4.79 Å². The molecule has 5 N–H and O–H groups in total. The summed E-state index contributed by atoms with van der Waals surface area (Å²) in [4.78, 5) is 11.0. The van der Waals surface area contributed by atoms with Gasteiger partial charge in [-0.15, -0.1) is 0 Å². The van der Waals surface area contributed by atoms with Gasteiger partial charge in [0.15, 0.2) is 0 Å². The largest absolute Gasteiger partial charge is 0.328 e. The summed E-state index contributed by atoms with van der Waals surface area (Å²) in [5.74, 6) is 4.98. The maximum Gasteiger partial charge on any atom is 0.237 e. The lowest BCUT2D eigenvalue weighted by Crippen LogP contribution is -2.40. The third-order valence-electron chi connectivity index (χ3n) is 2.23. The van der Waals surface area contributed by atoms with Crippen LogP contribution >= 0.6 is 0 Å². The lowest BCUT2D eigenvalue weighted by molar-refractivity contribution is -0.126. The second kappa shape index (κ2) is 3.69. The number of hydrogen-bond acceptors (Lipinski definition) is 3. The Morgan fingerprint density at radius 2 is 2.18 bits per heavy atom.